The fourth-order valence-corrected chi connectivity index (χ4v) is 3.37. The minimum atomic E-state index is -0.485. The number of carbonyl (C=O) groups is 2. The van der Waals surface area contributed by atoms with Crippen molar-refractivity contribution in [2.24, 2.45) is 11.7 Å². The lowest BCUT2D eigenvalue weighted by Crippen LogP contribution is -2.33. The molecule has 5 nitrogen and oxygen atoms in total. The molecule has 136 valence electrons. The van der Waals surface area contributed by atoms with E-state index in [1.165, 1.54) is 18.4 Å². The highest BCUT2D eigenvalue weighted by molar-refractivity contribution is 6.04. The minimum absolute atomic E-state index is 0.171. The van der Waals surface area contributed by atoms with Crippen LogP contribution in [0.25, 0.3) is 0 Å². The molecule has 0 spiro atoms. The van der Waals surface area contributed by atoms with Crippen LogP contribution in [0.2, 0.25) is 0 Å². The van der Waals surface area contributed by atoms with Crippen LogP contribution in [-0.4, -0.2) is 29.8 Å². The van der Waals surface area contributed by atoms with Crippen molar-refractivity contribution in [3.8, 4) is 0 Å². The smallest absolute Gasteiger partial charge is 0.255 e. The summed E-state index contributed by atoms with van der Waals surface area (Å²) in [7, 11) is 0. The summed E-state index contributed by atoms with van der Waals surface area (Å²) < 4.78 is 0. The molecule has 5 heteroatoms. The number of benzene rings is 2. The molecule has 0 aromatic heterocycles. The first-order chi connectivity index (χ1) is 12.5. The van der Waals surface area contributed by atoms with Crippen LogP contribution in [0.4, 0.5) is 5.69 Å². The van der Waals surface area contributed by atoms with Crippen LogP contribution in [0.3, 0.4) is 0 Å². The van der Waals surface area contributed by atoms with Gasteiger partial charge in [0.2, 0.25) is 5.91 Å². The Labute approximate surface area is 154 Å². The molecule has 1 aliphatic rings. The van der Waals surface area contributed by atoms with Gasteiger partial charge >= 0.3 is 0 Å². The largest absolute Gasteiger partial charge is 0.366 e. The van der Waals surface area contributed by atoms with E-state index in [0.29, 0.717) is 16.8 Å². The molecule has 0 saturated carbocycles. The maximum absolute atomic E-state index is 12.4. The van der Waals surface area contributed by atoms with E-state index in [0.717, 1.165) is 25.6 Å². The fraction of sp³-hybridized carbons (Fsp3) is 0.333. The Morgan fingerprint density at radius 3 is 2.35 bits per heavy atom. The molecule has 3 N–H and O–H groups in total. The Balaban J connectivity index is 1.58. The molecule has 26 heavy (non-hydrogen) atoms. The molecule has 1 atom stereocenters. The number of likely N-dealkylation sites (tertiary alicyclic amines) is 1. The lowest BCUT2D eigenvalue weighted by atomic mass is 9.99. The van der Waals surface area contributed by atoms with Crippen molar-refractivity contribution in [3.05, 3.63) is 65.2 Å². The average Bonchev–Trinajstić information content (AvgIpc) is 2.63. The van der Waals surface area contributed by atoms with E-state index in [1.54, 1.807) is 24.3 Å². The number of nitrogens with zero attached hydrogens (tertiary/aromatic N) is 1. The third kappa shape index (κ3) is 4.70. The third-order valence-electron chi connectivity index (χ3n) is 4.79. The number of piperidine rings is 1. The van der Waals surface area contributed by atoms with Gasteiger partial charge in [-0.15, -0.1) is 0 Å². The van der Waals surface area contributed by atoms with E-state index in [1.807, 2.05) is 24.3 Å². The molecule has 2 amide bonds. The van der Waals surface area contributed by atoms with Crippen LogP contribution in [0.5, 0.6) is 0 Å². The van der Waals surface area contributed by atoms with Gasteiger partial charge < -0.3 is 11.1 Å². The third-order valence-corrected chi connectivity index (χ3v) is 4.79. The summed E-state index contributed by atoms with van der Waals surface area (Å²) in [5.41, 5.74) is 8.10. The van der Waals surface area contributed by atoms with Crippen LogP contribution < -0.4 is 11.1 Å². The number of anilines is 1. The Hall–Kier alpha value is -2.66. The molecule has 0 unspecified atom stereocenters. The van der Waals surface area contributed by atoms with Gasteiger partial charge in [0, 0.05) is 29.9 Å². The number of primary amides is 1. The summed E-state index contributed by atoms with van der Waals surface area (Å²) in [5, 5.41) is 2.83. The molecule has 3 rings (SSSR count). The SMILES string of the molecule is C[C@@H]1CCCN(Cc2ccc(C(=O)Nc3ccc(C(N)=O)cc3)cc2)C1. The molecule has 1 saturated heterocycles. The van der Waals surface area contributed by atoms with Crippen molar-refractivity contribution in [1.82, 2.24) is 4.90 Å². The maximum atomic E-state index is 12.4. The Kier molecular flexibility index (Phi) is 5.68. The van der Waals surface area contributed by atoms with Gasteiger partial charge in [0.15, 0.2) is 0 Å². The Morgan fingerprint density at radius 1 is 1.08 bits per heavy atom. The molecule has 0 aliphatic carbocycles. The lowest BCUT2D eigenvalue weighted by molar-refractivity contribution is 0.0998. The zero-order valence-electron chi connectivity index (χ0n) is 15.1. The van der Waals surface area contributed by atoms with Gasteiger partial charge in [-0.25, -0.2) is 0 Å². The lowest BCUT2D eigenvalue weighted by Gasteiger charge is -2.30. The zero-order valence-corrected chi connectivity index (χ0v) is 15.1. The highest BCUT2D eigenvalue weighted by Gasteiger charge is 2.16. The molecular weight excluding hydrogens is 326 g/mol. The van der Waals surface area contributed by atoms with Crippen molar-refractivity contribution in [3.63, 3.8) is 0 Å². The van der Waals surface area contributed by atoms with Crippen molar-refractivity contribution < 1.29 is 9.59 Å². The van der Waals surface area contributed by atoms with E-state index in [4.69, 9.17) is 5.73 Å². The van der Waals surface area contributed by atoms with E-state index in [9.17, 15) is 9.59 Å². The number of nitrogens with one attached hydrogen (secondary N) is 1. The number of hydrogen-bond acceptors (Lipinski definition) is 3. The summed E-state index contributed by atoms with van der Waals surface area (Å²) in [6, 6.07) is 14.3. The number of carbonyl (C=O) groups excluding carboxylic acids is 2. The summed E-state index contributed by atoms with van der Waals surface area (Å²) in [5.74, 6) is 0.103. The zero-order chi connectivity index (χ0) is 18.5. The second-order valence-electron chi connectivity index (χ2n) is 7.08. The average molecular weight is 351 g/mol. The highest BCUT2D eigenvalue weighted by Crippen LogP contribution is 2.18. The number of nitrogens with two attached hydrogens (primary N) is 1. The van der Waals surface area contributed by atoms with Gasteiger partial charge in [-0.3, -0.25) is 14.5 Å². The summed E-state index contributed by atoms with van der Waals surface area (Å²) in [6.45, 7) is 5.52. The van der Waals surface area contributed by atoms with Gasteiger partial charge in [0.05, 0.1) is 0 Å². The Bertz CT molecular complexity index is 769. The quantitative estimate of drug-likeness (QED) is 0.868. The van der Waals surface area contributed by atoms with Crippen LogP contribution in [0.1, 0.15) is 46.0 Å². The van der Waals surface area contributed by atoms with Gasteiger partial charge in [0.25, 0.3) is 5.91 Å². The Morgan fingerprint density at radius 2 is 1.73 bits per heavy atom. The topological polar surface area (TPSA) is 75.4 Å². The van der Waals surface area contributed by atoms with Gasteiger partial charge in [-0.2, -0.15) is 0 Å². The first kappa shape index (κ1) is 18.1. The molecule has 1 heterocycles. The van der Waals surface area contributed by atoms with Gasteiger partial charge in [-0.1, -0.05) is 19.1 Å². The molecule has 1 aliphatic heterocycles. The van der Waals surface area contributed by atoms with Gasteiger partial charge in [-0.05, 0) is 67.3 Å². The maximum Gasteiger partial charge on any atom is 0.255 e. The predicted octanol–water partition coefficient (Wildman–Crippen LogP) is 3.27. The molecule has 2 aromatic carbocycles. The van der Waals surface area contributed by atoms with E-state index < -0.39 is 5.91 Å². The van der Waals surface area contributed by atoms with Crippen LogP contribution in [-0.2, 0) is 6.54 Å². The van der Waals surface area contributed by atoms with Crippen LogP contribution in [0.15, 0.2) is 48.5 Å². The summed E-state index contributed by atoms with van der Waals surface area (Å²) >= 11 is 0. The standard InChI is InChI=1S/C21H25N3O2/c1-15-3-2-12-24(13-15)14-16-4-6-18(7-5-16)21(26)23-19-10-8-17(9-11-19)20(22)25/h4-11,15H,2-3,12-14H2,1H3,(H2,22,25)(H,23,26)/t15-/m1/s1. The second-order valence-corrected chi connectivity index (χ2v) is 7.08. The van der Waals surface area contributed by atoms with E-state index in [2.05, 4.69) is 17.1 Å². The van der Waals surface area contributed by atoms with Crippen LogP contribution in [0, 0.1) is 5.92 Å². The molecule has 0 bridgehead atoms. The van der Waals surface area contributed by atoms with Crippen molar-refractivity contribution in [1.29, 1.82) is 0 Å². The normalized spacial score (nSPS) is 17.7. The number of rotatable bonds is 5. The fourth-order valence-electron chi connectivity index (χ4n) is 3.37. The van der Waals surface area contributed by atoms with Crippen molar-refractivity contribution in [2.75, 3.05) is 18.4 Å². The monoisotopic (exact) mass is 351 g/mol. The van der Waals surface area contributed by atoms with E-state index >= 15 is 0 Å². The highest BCUT2D eigenvalue weighted by atomic mass is 16.2. The minimum Gasteiger partial charge on any atom is -0.366 e. The first-order valence-corrected chi connectivity index (χ1v) is 9.04. The van der Waals surface area contributed by atoms with Gasteiger partial charge in [0.1, 0.15) is 0 Å². The number of hydrogen-bond donors (Lipinski definition) is 2. The molecule has 1 fully saturated rings. The molecule has 0 radical (unpaired) electrons. The van der Waals surface area contributed by atoms with Crippen LogP contribution >= 0.6 is 0 Å². The summed E-state index contributed by atoms with van der Waals surface area (Å²) in [6.07, 6.45) is 2.58. The number of amides is 2. The van der Waals surface area contributed by atoms with E-state index in [-0.39, 0.29) is 5.91 Å². The predicted molar refractivity (Wildman–Crippen MR) is 103 cm³/mol. The first-order valence-electron chi connectivity index (χ1n) is 9.04. The second kappa shape index (κ2) is 8.15. The van der Waals surface area contributed by atoms with Crippen molar-refractivity contribution >= 4 is 17.5 Å². The van der Waals surface area contributed by atoms with Crippen molar-refractivity contribution in [2.45, 2.75) is 26.3 Å². The molecule has 2 aromatic rings. The summed E-state index contributed by atoms with van der Waals surface area (Å²) in [4.78, 5) is 25.9. The molecular formula is C21H25N3O2.